The van der Waals surface area contributed by atoms with E-state index in [0.717, 1.165) is 19.0 Å². The second-order valence-electron chi connectivity index (χ2n) is 4.39. The molecule has 0 N–H and O–H groups in total. The summed E-state index contributed by atoms with van der Waals surface area (Å²) in [5.41, 5.74) is 1.13. The van der Waals surface area contributed by atoms with Crippen molar-refractivity contribution in [3.8, 4) is 0 Å². The zero-order valence-electron chi connectivity index (χ0n) is 10.2. The van der Waals surface area contributed by atoms with Crippen molar-refractivity contribution in [3.63, 3.8) is 0 Å². The molecule has 0 atom stereocenters. The van der Waals surface area contributed by atoms with Crippen LogP contribution in [-0.2, 0) is 6.54 Å². The first kappa shape index (κ1) is 12.0. The third-order valence-electron chi connectivity index (χ3n) is 2.65. The maximum Gasteiger partial charge on any atom is 0.252 e. The van der Waals surface area contributed by atoms with Crippen LogP contribution < -0.4 is 4.68 Å². The average Bonchev–Trinajstić information content (AvgIpc) is 2.59. The van der Waals surface area contributed by atoms with Crippen LogP contribution in [0.25, 0.3) is 11.0 Å². The van der Waals surface area contributed by atoms with Crippen LogP contribution in [0, 0.1) is 11.6 Å². The fraction of sp³-hybridized carbons (Fsp3) is 0.500. The van der Waals surface area contributed by atoms with Gasteiger partial charge in [0, 0.05) is 17.2 Å². The fourth-order valence-corrected chi connectivity index (χ4v) is 1.92. The van der Waals surface area contributed by atoms with Crippen molar-refractivity contribution in [1.82, 2.24) is 9.90 Å². The van der Waals surface area contributed by atoms with Crippen molar-refractivity contribution < 1.29 is 13.5 Å². The molecule has 0 aliphatic heterocycles. The summed E-state index contributed by atoms with van der Waals surface area (Å²) >= 11 is 0. The Morgan fingerprint density at radius 1 is 1.29 bits per heavy atom. The Labute approximate surface area is 98.6 Å². The van der Waals surface area contributed by atoms with Gasteiger partial charge in [0.2, 0.25) is 5.52 Å². The van der Waals surface area contributed by atoms with E-state index in [9.17, 15) is 8.78 Å². The molecule has 0 aliphatic rings. The number of hydrogen-bond acceptors (Lipinski definition) is 1. The molecule has 0 fully saturated rings. The Morgan fingerprint density at radius 2 is 1.94 bits per heavy atom. The second kappa shape index (κ2) is 4.39. The van der Waals surface area contributed by atoms with Gasteiger partial charge in [0.15, 0.2) is 11.6 Å². The van der Waals surface area contributed by atoms with E-state index in [2.05, 4.69) is 5.10 Å². The van der Waals surface area contributed by atoms with Gasteiger partial charge in [-0.25, -0.2) is 8.78 Å². The van der Waals surface area contributed by atoms with Crippen molar-refractivity contribution in [2.75, 3.05) is 0 Å². The number of hydrogen-bond donors (Lipinski definition) is 0. The number of fused-ring (bicyclic) bond motifs is 1. The van der Waals surface area contributed by atoms with Gasteiger partial charge in [-0.3, -0.25) is 0 Å². The van der Waals surface area contributed by atoms with Crippen molar-refractivity contribution in [2.45, 2.75) is 39.8 Å². The molecule has 1 aromatic carbocycles. The molecule has 0 saturated heterocycles. The van der Waals surface area contributed by atoms with E-state index in [4.69, 9.17) is 0 Å². The molecule has 17 heavy (non-hydrogen) atoms. The van der Waals surface area contributed by atoms with Gasteiger partial charge in [-0.05, 0) is 25.1 Å². The Hall–Kier alpha value is -1.52. The lowest BCUT2D eigenvalue weighted by Gasteiger charge is -2.04. The molecular weight excluding hydrogens is 224 g/mol. The first-order chi connectivity index (χ1) is 8.04. The monoisotopic (exact) mass is 240 g/mol. The van der Waals surface area contributed by atoms with E-state index in [-0.39, 0.29) is 6.04 Å². The maximum absolute atomic E-state index is 13.3. The summed E-state index contributed by atoms with van der Waals surface area (Å²) in [5, 5.41) is 4.31. The summed E-state index contributed by atoms with van der Waals surface area (Å²) in [5.74, 6) is -1.68. The van der Waals surface area contributed by atoms with Crippen LogP contribution in [0.15, 0.2) is 12.1 Å². The molecule has 92 valence electrons. The van der Waals surface area contributed by atoms with E-state index in [0.29, 0.717) is 11.0 Å². The Bertz CT molecular complexity index is 546. The molecule has 5 heteroatoms. The highest BCUT2D eigenvalue weighted by atomic mass is 19.2. The normalized spacial score (nSPS) is 11.6. The van der Waals surface area contributed by atoms with Gasteiger partial charge >= 0.3 is 0 Å². The van der Waals surface area contributed by atoms with Gasteiger partial charge < -0.3 is 0 Å². The molecule has 0 unspecified atom stereocenters. The molecule has 1 heterocycles. The molecular formula is C12H16F2N3+. The van der Waals surface area contributed by atoms with Gasteiger partial charge in [-0.1, -0.05) is 6.92 Å². The number of rotatable bonds is 3. The fourth-order valence-electron chi connectivity index (χ4n) is 1.92. The van der Waals surface area contributed by atoms with Crippen molar-refractivity contribution in [2.24, 2.45) is 0 Å². The van der Waals surface area contributed by atoms with Gasteiger partial charge in [-0.2, -0.15) is 4.68 Å². The van der Waals surface area contributed by atoms with E-state index >= 15 is 0 Å². The first-order valence-electron chi connectivity index (χ1n) is 5.82. The zero-order chi connectivity index (χ0) is 12.6. The zero-order valence-corrected chi connectivity index (χ0v) is 10.2. The Morgan fingerprint density at radius 3 is 2.53 bits per heavy atom. The Kier molecular flexibility index (Phi) is 3.09. The van der Waals surface area contributed by atoms with Crippen LogP contribution in [0.5, 0.6) is 0 Å². The number of benzene rings is 1. The Balaban J connectivity index is 2.71. The largest absolute Gasteiger partial charge is 0.252 e. The van der Waals surface area contributed by atoms with Crippen molar-refractivity contribution in [3.05, 3.63) is 23.8 Å². The summed E-state index contributed by atoms with van der Waals surface area (Å²) in [6, 6.07) is 2.52. The molecule has 0 radical (unpaired) electrons. The number of halogens is 2. The minimum atomic E-state index is -0.852. The third kappa shape index (κ3) is 2.01. The number of aromatic nitrogens is 3. The lowest BCUT2D eigenvalue weighted by Crippen LogP contribution is -2.44. The van der Waals surface area contributed by atoms with Crippen LogP contribution in [-0.4, -0.2) is 9.90 Å². The van der Waals surface area contributed by atoms with E-state index in [1.807, 2.05) is 25.5 Å². The lowest BCUT2D eigenvalue weighted by molar-refractivity contribution is -0.760. The van der Waals surface area contributed by atoms with E-state index in [1.165, 1.54) is 6.07 Å². The minimum absolute atomic E-state index is 0.153. The van der Waals surface area contributed by atoms with Crippen LogP contribution >= 0.6 is 0 Å². The minimum Gasteiger partial charge on any atom is -0.204 e. The average molecular weight is 240 g/mol. The van der Waals surface area contributed by atoms with Gasteiger partial charge in [0.1, 0.15) is 12.6 Å². The van der Waals surface area contributed by atoms with Crippen molar-refractivity contribution >= 4 is 11.0 Å². The van der Waals surface area contributed by atoms with Gasteiger partial charge in [0.05, 0.1) is 0 Å². The van der Waals surface area contributed by atoms with Gasteiger partial charge in [0.25, 0.3) is 5.52 Å². The molecule has 2 aromatic rings. The van der Waals surface area contributed by atoms with Crippen LogP contribution in [0.1, 0.15) is 33.2 Å². The van der Waals surface area contributed by atoms with E-state index in [1.54, 1.807) is 4.80 Å². The van der Waals surface area contributed by atoms with Crippen molar-refractivity contribution in [1.29, 1.82) is 0 Å². The summed E-state index contributed by atoms with van der Waals surface area (Å²) < 4.78 is 28.3. The molecule has 0 aliphatic carbocycles. The van der Waals surface area contributed by atoms with E-state index < -0.39 is 11.6 Å². The second-order valence-corrected chi connectivity index (χ2v) is 4.39. The maximum atomic E-state index is 13.3. The molecule has 0 saturated carbocycles. The summed E-state index contributed by atoms with van der Waals surface area (Å²) in [6.45, 7) is 6.76. The predicted octanol–water partition coefficient (Wildman–Crippen LogP) is 2.59. The summed E-state index contributed by atoms with van der Waals surface area (Å²) in [4.78, 5) is 1.77. The van der Waals surface area contributed by atoms with Crippen LogP contribution in [0.2, 0.25) is 0 Å². The molecule has 0 amide bonds. The molecule has 2 rings (SSSR count). The highest BCUT2D eigenvalue weighted by Gasteiger charge is 2.22. The topological polar surface area (TPSA) is 21.7 Å². The smallest absolute Gasteiger partial charge is 0.204 e. The van der Waals surface area contributed by atoms with Crippen LogP contribution in [0.4, 0.5) is 8.78 Å². The molecule has 1 aromatic heterocycles. The quantitative estimate of drug-likeness (QED) is 0.756. The number of aryl methyl sites for hydroxylation is 1. The molecule has 3 nitrogen and oxygen atoms in total. The highest BCUT2D eigenvalue weighted by molar-refractivity contribution is 5.70. The summed E-state index contributed by atoms with van der Waals surface area (Å²) in [6.07, 6.45) is 0.914. The van der Waals surface area contributed by atoms with Crippen LogP contribution in [0.3, 0.4) is 0 Å². The van der Waals surface area contributed by atoms with Gasteiger partial charge in [-0.15, -0.1) is 0 Å². The number of nitrogens with zero attached hydrogens (tertiary/aromatic N) is 3. The summed E-state index contributed by atoms with van der Waals surface area (Å²) in [7, 11) is 0. The SMILES string of the molecule is CCC[n+]1c2cc(F)c(F)cc2nn1C(C)C. The molecule has 0 bridgehead atoms. The first-order valence-corrected chi connectivity index (χ1v) is 5.82. The third-order valence-corrected chi connectivity index (χ3v) is 2.65. The standard InChI is InChI=1S/C12H16F2N3/c1-4-5-16-12-7-10(14)9(13)6-11(12)15-17(16)8(2)3/h6-8H,4-5H2,1-3H3/q+1. The highest BCUT2D eigenvalue weighted by Crippen LogP contribution is 2.15. The predicted molar refractivity (Wildman–Crippen MR) is 60.5 cm³/mol. The molecule has 0 spiro atoms. The lowest BCUT2D eigenvalue weighted by atomic mass is 10.3.